The molecule has 13 heteroatoms. The number of aryl methyl sites for hydroxylation is 2. The van der Waals surface area contributed by atoms with E-state index >= 15 is 0 Å². The van der Waals surface area contributed by atoms with Gasteiger partial charge in [-0.1, -0.05) is 6.07 Å². The predicted molar refractivity (Wildman–Crippen MR) is 169 cm³/mol. The van der Waals surface area contributed by atoms with E-state index in [1.165, 1.54) is 6.26 Å². The Hall–Kier alpha value is -3.65. The van der Waals surface area contributed by atoms with Crippen LogP contribution in [-0.4, -0.2) is 83.8 Å². The smallest absolute Gasteiger partial charge is 0.271 e. The number of rotatable bonds is 8. The summed E-state index contributed by atoms with van der Waals surface area (Å²) in [5.74, 6) is 0.427. The molecule has 0 N–H and O–H groups in total. The van der Waals surface area contributed by atoms with Crippen LogP contribution in [0.15, 0.2) is 42.7 Å². The van der Waals surface area contributed by atoms with Crippen molar-refractivity contribution in [2.24, 2.45) is 5.41 Å². The molecule has 0 bridgehead atoms. The number of sulfonamides is 1. The molecule has 45 heavy (non-hydrogen) atoms. The summed E-state index contributed by atoms with van der Waals surface area (Å²) in [4.78, 5) is 7.00. The molecule has 0 amide bonds. The molecule has 0 radical (unpaired) electrons. The molecular formula is C32H39N7O5S. The molecule has 3 saturated heterocycles. The lowest BCUT2D eigenvalue weighted by Crippen LogP contribution is -2.73. The minimum atomic E-state index is -3.13. The van der Waals surface area contributed by atoms with Gasteiger partial charge in [0, 0.05) is 55.3 Å². The number of anilines is 1. The van der Waals surface area contributed by atoms with Crippen molar-refractivity contribution in [3.63, 3.8) is 0 Å². The summed E-state index contributed by atoms with van der Waals surface area (Å²) in [5.41, 5.74) is 5.27. The summed E-state index contributed by atoms with van der Waals surface area (Å²) in [5, 5.41) is 14.4. The van der Waals surface area contributed by atoms with E-state index < -0.39 is 15.9 Å². The molecule has 3 aliphatic heterocycles. The van der Waals surface area contributed by atoms with Crippen molar-refractivity contribution >= 4 is 26.7 Å². The van der Waals surface area contributed by atoms with Crippen molar-refractivity contribution in [2.75, 3.05) is 51.1 Å². The molecule has 1 unspecified atom stereocenters. The predicted octanol–water partition coefficient (Wildman–Crippen LogP) is 4.18. The fourth-order valence-electron chi connectivity index (χ4n) is 7.17. The van der Waals surface area contributed by atoms with Crippen LogP contribution < -0.4 is 9.64 Å². The van der Waals surface area contributed by atoms with E-state index in [1.807, 2.05) is 62.0 Å². The average Bonchev–Trinajstić information content (AvgIpc) is 3.37. The number of hydrogen-bond donors (Lipinski definition) is 0. The van der Waals surface area contributed by atoms with E-state index in [0.717, 1.165) is 70.7 Å². The topological polar surface area (TPSA) is 125 Å². The molecule has 3 aliphatic rings. The Balaban J connectivity index is 1.22. The van der Waals surface area contributed by atoms with Crippen LogP contribution in [0.3, 0.4) is 0 Å². The van der Waals surface area contributed by atoms with Gasteiger partial charge >= 0.3 is 0 Å². The summed E-state index contributed by atoms with van der Waals surface area (Å²) in [6.07, 6.45) is 7.05. The molecule has 4 aromatic rings. The minimum Gasteiger partial charge on any atom is -0.496 e. The third-order valence-electron chi connectivity index (χ3n) is 9.36. The van der Waals surface area contributed by atoms with Crippen molar-refractivity contribution in [3.8, 4) is 17.0 Å². The normalized spacial score (nSPS) is 22.3. The first kappa shape index (κ1) is 30.0. The van der Waals surface area contributed by atoms with Gasteiger partial charge in [0.25, 0.3) is 5.91 Å². The number of benzene rings is 1. The van der Waals surface area contributed by atoms with Crippen LogP contribution in [0.1, 0.15) is 49.1 Å². The number of hydrogen-bond acceptors (Lipinski definition) is 10. The molecule has 2 atom stereocenters. The lowest BCUT2D eigenvalue weighted by atomic mass is 9.74. The van der Waals surface area contributed by atoms with E-state index in [-0.39, 0.29) is 11.5 Å². The highest BCUT2D eigenvalue weighted by molar-refractivity contribution is 7.88. The van der Waals surface area contributed by atoms with Gasteiger partial charge in [-0.2, -0.15) is 15.3 Å². The SMILES string of the molecule is COc1cccc2c1c(-c1ccc(N3CC4(C3)CN(S(C)(=O)=O)C4)nc1)nn2C1(O[C@H](C)c2c(C)cnnc2C)CCCCO1. The van der Waals surface area contributed by atoms with Crippen LogP contribution in [0.2, 0.25) is 0 Å². The number of fused-ring (bicyclic) bond motifs is 1. The van der Waals surface area contributed by atoms with Crippen molar-refractivity contribution in [1.82, 2.24) is 29.3 Å². The Kier molecular flexibility index (Phi) is 7.34. The third kappa shape index (κ3) is 5.15. The Morgan fingerprint density at radius 2 is 1.84 bits per heavy atom. The molecule has 0 saturated carbocycles. The molecule has 3 aromatic heterocycles. The summed E-state index contributed by atoms with van der Waals surface area (Å²) in [6, 6.07) is 9.94. The van der Waals surface area contributed by atoms with Gasteiger partial charge in [0.2, 0.25) is 10.0 Å². The van der Waals surface area contributed by atoms with Gasteiger partial charge in [-0.25, -0.2) is 22.4 Å². The molecule has 7 rings (SSSR count). The summed E-state index contributed by atoms with van der Waals surface area (Å²) in [7, 11) is -1.47. The zero-order valence-corrected chi connectivity index (χ0v) is 27.2. The Morgan fingerprint density at radius 3 is 2.49 bits per heavy atom. The maximum absolute atomic E-state index is 11.8. The van der Waals surface area contributed by atoms with Crippen LogP contribution in [0.5, 0.6) is 5.75 Å². The first-order chi connectivity index (χ1) is 21.5. The summed E-state index contributed by atoms with van der Waals surface area (Å²) in [6.45, 7) is 9.27. The highest BCUT2D eigenvalue weighted by atomic mass is 32.2. The van der Waals surface area contributed by atoms with Crippen molar-refractivity contribution in [2.45, 2.75) is 52.0 Å². The van der Waals surface area contributed by atoms with E-state index in [2.05, 4.69) is 15.1 Å². The lowest BCUT2D eigenvalue weighted by Gasteiger charge is -2.59. The van der Waals surface area contributed by atoms with Crippen molar-refractivity contribution in [3.05, 3.63) is 59.5 Å². The summed E-state index contributed by atoms with van der Waals surface area (Å²) >= 11 is 0. The minimum absolute atomic E-state index is 0.0284. The highest BCUT2D eigenvalue weighted by Gasteiger charge is 2.54. The second-order valence-electron chi connectivity index (χ2n) is 12.7. The summed E-state index contributed by atoms with van der Waals surface area (Å²) < 4.78 is 46.3. The second kappa shape index (κ2) is 11.0. The number of aromatic nitrogens is 5. The highest BCUT2D eigenvalue weighted by Crippen LogP contribution is 2.45. The second-order valence-corrected chi connectivity index (χ2v) is 14.7. The van der Waals surface area contributed by atoms with Gasteiger partial charge in [-0.15, -0.1) is 0 Å². The van der Waals surface area contributed by atoms with E-state index in [1.54, 1.807) is 17.6 Å². The quantitative estimate of drug-likeness (QED) is 0.279. The van der Waals surface area contributed by atoms with Crippen LogP contribution in [0.25, 0.3) is 22.2 Å². The number of pyridine rings is 1. The van der Waals surface area contributed by atoms with Crippen LogP contribution in [0.4, 0.5) is 5.82 Å². The fourth-order valence-corrected chi connectivity index (χ4v) is 8.19. The lowest BCUT2D eigenvalue weighted by molar-refractivity contribution is -0.332. The molecule has 238 valence electrons. The van der Waals surface area contributed by atoms with Crippen LogP contribution in [0, 0.1) is 19.3 Å². The standard InChI is InChI=1S/C32H39N7O5S/c1-21-15-34-35-22(2)28(21)23(3)44-32(13-6-7-14-43-32)39-25-9-8-10-26(42-4)29(25)30(36-39)24-11-12-27(33-16-24)37-17-31(18-37)19-38(20-31)45(5,40)41/h8-12,15-16,23H,6-7,13-14,17-20H2,1-5H3/t23-,32?/m1/s1. The van der Waals surface area contributed by atoms with E-state index in [9.17, 15) is 8.42 Å². The van der Waals surface area contributed by atoms with Gasteiger partial charge in [0.15, 0.2) is 0 Å². The zero-order chi connectivity index (χ0) is 31.6. The molecule has 6 heterocycles. The molecule has 3 fully saturated rings. The Labute approximate surface area is 263 Å². The first-order valence-corrected chi connectivity index (χ1v) is 17.2. The van der Waals surface area contributed by atoms with Gasteiger partial charge in [0.1, 0.15) is 17.3 Å². The van der Waals surface area contributed by atoms with Crippen LogP contribution >= 0.6 is 0 Å². The van der Waals surface area contributed by atoms with Gasteiger partial charge in [-0.05, 0) is 63.4 Å². The van der Waals surface area contributed by atoms with Gasteiger partial charge < -0.3 is 19.1 Å². The largest absolute Gasteiger partial charge is 0.496 e. The molecular weight excluding hydrogens is 594 g/mol. The average molecular weight is 634 g/mol. The fraction of sp³-hybridized carbons (Fsp3) is 0.500. The van der Waals surface area contributed by atoms with Crippen molar-refractivity contribution < 1.29 is 22.6 Å². The van der Waals surface area contributed by atoms with Gasteiger partial charge in [0.05, 0.1) is 48.9 Å². The third-order valence-corrected chi connectivity index (χ3v) is 10.6. The molecule has 12 nitrogen and oxygen atoms in total. The van der Waals surface area contributed by atoms with E-state index in [4.69, 9.17) is 24.3 Å². The molecule has 0 aliphatic carbocycles. The van der Waals surface area contributed by atoms with E-state index in [0.29, 0.717) is 31.9 Å². The number of ether oxygens (including phenoxy) is 3. The maximum Gasteiger partial charge on any atom is 0.271 e. The Bertz CT molecular complexity index is 1820. The zero-order valence-electron chi connectivity index (χ0n) is 26.4. The maximum atomic E-state index is 11.8. The van der Waals surface area contributed by atoms with Gasteiger partial charge in [-0.3, -0.25) is 0 Å². The number of methoxy groups -OCH3 is 1. The Morgan fingerprint density at radius 1 is 1.04 bits per heavy atom. The molecule has 1 spiro atoms. The monoisotopic (exact) mass is 633 g/mol. The molecule has 1 aromatic carbocycles. The van der Waals surface area contributed by atoms with Crippen LogP contribution in [-0.2, 0) is 25.4 Å². The van der Waals surface area contributed by atoms with Crippen molar-refractivity contribution in [1.29, 1.82) is 0 Å². The first-order valence-electron chi connectivity index (χ1n) is 15.4. The number of nitrogens with zero attached hydrogens (tertiary/aromatic N) is 7.